The van der Waals surface area contributed by atoms with Crippen LogP contribution in [-0.4, -0.2) is 15.1 Å². The average Bonchev–Trinajstić information content (AvgIpc) is 2.51. The second kappa shape index (κ2) is 5.54. The highest BCUT2D eigenvalue weighted by molar-refractivity contribution is 9.10. The van der Waals surface area contributed by atoms with Crippen LogP contribution in [-0.2, 0) is 0 Å². The van der Waals surface area contributed by atoms with Crippen LogP contribution in [0.15, 0.2) is 59.1 Å². The molecule has 0 aliphatic heterocycles. The molecule has 1 heterocycles. The standard InChI is InChI=1S/C16H12BrN3O/c17-13-14(10-5-2-1-3-6-10)19-16(20-15(13)18)11-7-4-8-12(21)9-11/h1-9,21H,(H2,18,19,20). The van der Waals surface area contributed by atoms with Gasteiger partial charge in [0.2, 0.25) is 0 Å². The van der Waals surface area contributed by atoms with Crippen LogP contribution in [0.3, 0.4) is 0 Å². The molecular weight excluding hydrogens is 330 g/mol. The van der Waals surface area contributed by atoms with Crippen molar-refractivity contribution < 1.29 is 5.11 Å². The Morgan fingerprint density at radius 2 is 1.62 bits per heavy atom. The summed E-state index contributed by atoms with van der Waals surface area (Å²) in [5.74, 6) is 1.01. The van der Waals surface area contributed by atoms with Gasteiger partial charge in [0.1, 0.15) is 11.6 Å². The van der Waals surface area contributed by atoms with E-state index in [0.29, 0.717) is 21.7 Å². The summed E-state index contributed by atoms with van der Waals surface area (Å²) < 4.78 is 0.664. The molecule has 3 N–H and O–H groups in total. The fraction of sp³-hybridized carbons (Fsp3) is 0. The van der Waals surface area contributed by atoms with Gasteiger partial charge in [-0.25, -0.2) is 9.97 Å². The molecule has 0 atom stereocenters. The van der Waals surface area contributed by atoms with Gasteiger partial charge in [0, 0.05) is 11.1 Å². The summed E-state index contributed by atoms with van der Waals surface area (Å²) in [5.41, 5.74) is 8.36. The van der Waals surface area contributed by atoms with Crippen LogP contribution in [0, 0.1) is 0 Å². The molecule has 2 aromatic carbocycles. The van der Waals surface area contributed by atoms with E-state index in [4.69, 9.17) is 5.73 Å². The number of hydrogen-bond acceptors (Lipinski definition) is 4. The van der Waals surface area contributed by atoms with Gasteiger partial charge in [0.25, 0.3) is 0 Å². The highest BCUT2D eigenvalue weighted by Gasteiger charge is 2.13. The monoisotopic (exact) mass is 341 g/mol. The summed E-state index contributed by atoms with van der Waals surface area (Å²) in [6, 6.07) is 16.5. The number of aromatic hydroxyl groups is 1. The molecule has 0 spiro atoms. The fourth-order valence-corrected chi connectivity index (χ4v) is 2.43. The first-order valence-corrected chi connectivity index (χ1v) is 7.12. The number of hydrogen-bond donors (Lipinski definition) is 2. The molecule has 104 valence electrons. The average molecular weight is 342 g/mol. The van der Waals surface area contributed by atoms with Crippen LogP contribution in [0.1, 0.15) is 0 Å². The number of phenolic OH excluding ortho intramolecular Hbond substituents is 1. The number of nitrogens with zero attached hydrogens (tertiary/aromatic N) is 2. The number of rotatable bonds is 2. The maximum atomic E-state index is 9.59. The molecule has 0 bridgehead atoms. The summed E-state index contributed by atoms with van der Waals surface area (Å²) in [5, 5.41) is 9.59. The predicted octanol–water partition coefficient (Wildman–Crippen LogP) is 3.86. The largest absolute Gasteiger partial charge is 0.508 e. The molecule has 0 fully saturated rings. The quantitative estimate of drug-likeness (QED) is 0.742. The lowest BCUT2D eigenvalue weighted by molar-refractivity contribution is 0.475. The van der Waals surface area contributed by atoms with Gasteiger partial charge in [0.15, 0.2) is 5.82 Å². The van der Waals surface area contributed by atoms with Crippen molar-refractivity contribution >= 4 is 21.7 Å². The Labute approximate surface area is 130 Å². The molecule has 3 aromatic rings. The number of benzene rings is 2. The normalized spacial score (nSPS) is 10.5. The van der Waals surface area contributed by atoms with E-state index in [-0.39, 0.29) is 5.75 Å². The van der Waals surface area contributed by atoms with Gasteiger partial charge < -0.3 is 10.8 Å². The summed E-state index contributed by atoms with van der Waals surface area (Å²) in [4.78, 5) is 8.84. The highest BCUT2D eigenvalue weighted by Crippen LogP contribution is 2.32. The number of aromatic nitrogens is 2. The third kappa shape index (κ3) is 2.73. The van der Waals surface area contributed by atoms with Crippen LogP contribution in [0.2, 0.25) is 0 Å². The molecule has 3 rings (SSSR count). The van der Waals surface area contributed by atoms with E-state index in [2.05, 4.69) is 25.9 Å². The summed E-state index contributed by atoms with van der Waals surface area (Å²) in [6.07, 6.45) is 0. The third-order valence-electron chi connectivity index (χ3n) is 3.03. The number of nitrogen functional groups attached to an aromatic ring is 1. The summed E-state index contributed by atoms with van der Waals surface area (Å²) in [6.45, 7) is 0. The third-order valence-corrected chi connectivity index (χ3v) is 3.81. The lowest BCUT2D eigenvalue weighted by atomic mass is 10.1. The molecule has 0 aliphatic rings. The van der Waals surface area contributed by atoms with E-state index in [9.17, 15) is 5.11 Å². The van der Waals surface area contributed by atoms with Crippen LogP contribution in [0.5, 0.6) is 5.75 Å². The van der Waals surface area contributed by atoms with Crippen molar-refractivity contribution in [2.45, 2.75) is 0 Å². The lowest BCUT2D eigenvalue weighted by Crippen LogP contribution is -2.00. The Bertz CT molecular complexity index is 791. The zero-order valence-corrected chi connectivity index (χ0v) is 12.6. The van der Waals surface area contributed by atoms with Crippen molar-refractivity contribution in [3.63, 3.8) is 0 Å². The Hall–Kier alpha value is -2.40. The first kappa shape index (κ1) is 13.6. The number of anilines is 1. The first-order chi connectivity index (χ1) is 10.1. The molecule has 21 heavy (non-hydrogen) atoms. The predicted molar refractivity (Wildman–Crippen MR) is 86.7 cm³/mol. The van der Waals surface area contributed by atoms with Gasteiger partial charge in [-0.1, -0.05) is 42.5 Å². The second-order valence-electron chi connectivity index (χ2n) is 4.51. The lowest BCUT2D eigenvalue weighted by Gasteiger charge is -2.09. The zero-order chi connectivity index (χ0) is 14.8. The molecule has 0 saturated heterocycles. The molecule has 0 unspecified atom stereocenters. The molecule has 0 amide bonds. The van der Waals surface area contributed by atoms with E-state index in [0.717, 1.165) is 11.3 Å². The van der Waals surface area contributed by atoms with Gasteiger partial charge >= 0.3 is 0 Å². The maximum Gasteiger partial charge on any atom is 0.162 e. The van der Waals surface area contributed by atoms with Crippen molar-refractivity contribution in [1.82, 2.24) is 9.97 Å². The summed E-state index contributed by atoms with van der Waals surface area (Å²) >= 11 is 3.44. The van der Waals surface area contributed by atoms with Gasteiger partial charge in [-0.3, -0.25) is 0 Å². The van der Waals surface area contributed by atoms with Crippen molar-refractivity contribution in [3.05, 3.63) is 59.1 Å². The Balaban J connectivity index is 2.19. The molecule has 5 heteroatoms. The number of nitrogens with two attached hydrogens (primary N) is 1. The van der Waals surface area contributed by atoms with E-state index in [1.807, 2.05) is 36.4 Å². The van der Waals surface area contributed by atoms with Crippen LogP contribution in [0.25, 0.3) is 22.6 Å². The molecular formula is C16H12BrN3O. The fourth-order valence-electron chi connectivity index (χ4n) is 2.03. The number of phenols is 1. The van der Waals surface area contributed by atoms with Gasteiger partial charge in [0.05, 0.1) is 10.2 Å². The SMILES string of the molecule is Nc1nc(-c2cccc(O)c2)nc(-c2ccccc2)c1Br. The highest BCUT2D eigenvalue weighted by atomic mass is 79.9. The maximum absolute atomic E-state index is 9.59. The van der Waals surface area contributed by atoms with Gasteiger partial charge in [-0.15, -0.1) is 0 Å². The van der Waals surface area contributed by atoms with Gasteiger partial charge in [-0.05, 0) is 28.1 Å². The van der Waals surface area contributed by atoms with Crippen LogP contribution >= 0.6 is 15.9 Å². The van der Waals surface area contributed by atoms with Crippen molar-refractivity contribution in [2.75, 3.05) is 5.73 Å². The Morgan fingerprint density at radius 1 is 0.905 bits per heavy atom. The topological polar surface area (TPSA) is 72.0 Å². The van der Waals surface area contributed by atoms with Crippen molar-refractivity contribution in [1.29, 1.82) is 0 Å². The van der Waals surface area contributed by atoms with E-state index in [1.54, 1.807) is 18.2 Å². The minimum absolute atomic E-state index is 0.166. The van der Waals surface area contributed by atoms with Crippen molar-refractivity contribution in [2.24, 2.45) is 0 Å². The van der Waals surface area contributed by atoms with Gasteiger partial charge in [-0.2, -0.15) is 0 Å². The molecule has 0 radical (unpaired) electrons. The smallest absolute Gasteiger partial charge is 0.162 e. The molecule has 0 aliphatic carbocycles. The Kier molecular flexibility index (Phi) is 3.58. The first-order valence-electron chi connectivity index (χ1n) is 6.33. The van der Waals surface area contributed by atoms with Crippen LogP contribution < -0.4 is 5.73 Å². The minimum atomic E-state index is 0.166. The molecule has 0 saturated carbocycles. The zero-order valence-electron chi connectivity index (χ0n) is 11.0. The Morgan fingerprint density at radius 3 is 2.33 bits per heavy atom. The van der Waals surface area contributed by atoms with E-state index in [1.165, 1.54) is 0 Å². The minimum Gasteiger partial charge on any atom is -0.508 e. The molecule has 1 aromatic heterocycles. The van der Waals surface area contributed by atoms with Crippen molar-refractivity contribution in [3.8, 4) is 28.4 Å². The van der Waals surface area contributed by atoms with E-state index < -0.39 is 0 Å². The number of halogens is 1. The van der Waals surface area contributed by atoms with Crippen LogP contribution in [0.4, 0.5) is 5.82 Å². The summed E-state index contributed by atoms with van der Waals surface area (Å²) in [7, 11) is 0. The second-order valence-corrected chi connectivity index (χ2v) is 5.30. The van der Waals surface area contributed by atoms with E-state index >= 15 is 0 Å². The molecule has 4 nitrogen and oxygen atoms in total.